The maximum absolute atomic E-state index is 11.7. The van der Waals surface area contributed by atoms with Crippen molar-refractivity contribution in [2.45, 2.75) is 25.2 Å². The molecule has 2 aromatic rings. The molecule has 0 spiro atoms. The molecule has 2 heterocycles. The van der Waals surface area contributed by atoms with E-state index in [1.54, 1.807) is 6.20 Å². The lowest BCUT2D eigenvalue weighted by Crippen LogP contribution is -2.22. The predicted molar refractivity (Wildman–Crippen MR) is 65.2 cm³/mol. The first-order chi connectivity index (χ1) is 9.15. The minimum atomic E-state index is -0.732. The SMILES string of the molecule is COC(=O)C1(c2nc(-c3cc(C)ccn3)no2)CC1. The Hall–Kier alpha value is -2.24. The summed E-state index contributed by atoms with van der Waals surface area (Å²) in [6.45, 7) is 1.96. The topological polar surface area (TPSA) is 78.1 Å². The highest BCUT2D eigenvalue weighted by Gasteiger charge is 2.57. The Kier molecular flexibility index (Phi) is 2.58. The van der Waals surface area contributed by atoms with E-state index < -0.39 is 5.41 Å². The summed E-state index contributed by atoms with van der Waals surface area (Å²) in [4.78, 5) is 20.2. The van der Waals surface area contributed by atoms with Crippen molar-refractivity contribution in [2.75, 3.05) is 7.11 Å². The molecule has 98 valence electrons. The quantitative estimate of drug-likeness (QED) is 0.780. The van der Waals surface area contributed by atoms with Crippen molar-refractivity contribution in [1.29, 1.82) is 0 Å². The molecule has 6 heteroatoms. The zero-order valence-corrected chi connectivity index (χ0v) is 10.7. The van der Waals surface area contributed by atoms with E-state index in [-0.39, 0.29) is 5.97 Å². The monoisotopic (exact) mass is 259 g/mol. The first-order valence-electron chi connectivity index (χ1n) is 6.01. The lowest BCUT2D eigenvalue weighted by atomic mass is 10.1. The van der Waals surface area contributed by atoms with Crippen LogP contribution in [-0.4, -0.2) is 28.2 Å². The van der Waals surface area contributed by atoms with Crippen molar-refractivity contribution in [3.8, 4) is 11.5 Å². The summed E-state index contributed by atoms with van der Waals surface area (Å²) in [5.74, 6) is 0.395. The number of rotatable bonds is 3. The van der Waals surface area contributed by atoms with Crippen LogP contribution < -0.4 is 0 Å². The minimum Gasteiger partial charge on any atom is -0.468 e. The Balaban J connectivity index is 1.94. The van der Waals surface area contributed by atoms with Crippen molar-refractivity contribution in [3.05, 3.63) is 29.8 Å². The van der Waals surface area contributed by atoms with Crippen LogP contribution in [0.5, 0.6) is 0 Å². The number of nitrogens with zero attached hydrogens (tertiary/aromatic N) is 3. The largest absolute Gasteiger partial charge is 0.468 e. The number of hydrogen-bond acceptors (Lipinski definition) is 6. The number of carbonyl (C=O) groups is 1. The molecule has 1 fully saturated rings. The number of hydrogen-bond donors (Lipinski definition) is 0. The molecule has 6 nitrogen and oxygen atoms in total. The summed E-state index contributed by atoms with van der Waals surface area (Å²) >= 11 is 0. The van der Waals surface area contributed by atoms with Crippen LogP contribution in [0.2, 0.25) is 0 Å². The van der Waals surface area contributed by atoms with E-state index in [0.29, 0.717) is 30.3 Å². The highest BCUT2D eigenvalue weighted by atomic mass is 16.5. The summed E-state index contributed by atoms with van der Waals surface area (Å²) in [5, 5.41) is 3.89. The number of carbonyl (C=O) groups excluding carboxylic acids is 1. The normalized spacial score (nSPS) is 16.1. The second-order valence-electron chi connectivity index (χ2n) is 4.72. The molecular formula is C13H13N3O3. The van der Waals surface area contributed by atoms with Crippen molar-refractivity contribution in [3.63, 3.8) is 0 Å². The fourth-order valence-electron chi connectivity index (χ4n) is 2.01. The predicted octanol–water partition coefficient (Wildman–Crippen LogP) is 1.64. The Morgan fingerprint density at radius 1 is 1.47 bits per heavy atom. The summed E-state index contributed by atoms with van der Waals surface area (Å²) in [6.07, 6.45) is 3.05. The van der Waals surface area contributed by atoms with Gasteiger partial charge in [-0.25, -0.2) is 0 Å². The standard InChI is InChI=1S/C13H13N3O3/c1-8-3-6-14-9(7-8)10-15-11(19-16-10)13(4-5-13)12(17)18-2/h3,6-7H,4-5H2,1-2H3. The smallest absolute Gasteiger partial charge is 0.321 e. The number of aromatic nitrogens is 3. The number of aryl methyl sites for hydroxylation is 1. The maximum Gasteiger partial charge on any atom is 0.321 e. The van der Waals surface area contributed by atoms with Crippen LogP contribution in [0.25, 0.3) is 11.5 Å². The molecule has 1 aliphatic carbocycles. The van der Waals surface area contributed by atoms with Crippen LogP contribution in [0.1, 0.15) is 24.3 Å². The second-order valence-corrected chi connectivity index (χ2v) is 4.72. The molecule has 1 aliphatic rings. The molecule has 0 amide bonds. The molecule has 0 aromatic carbocycles. The third kappa shape index (κ3) is 1.89. The van der Waals surface area contributed by atoms with Crippen molar-refractivity contribution in [1.82, 2.24) is 15.1 Å². The molecule has 2 aromatic heterocycles. The average molecular weight is 259 g/mol. The van der Waals surface area contributed by atoms with Gasteiger partial charge in [-0.1, -0.05) is 5.16 Å². The Morgan fingerprint density at radius 3 is 2.89 bits per heavy atom. The fraction of sp³-hybridized carbons (Fsp3) is 0.385. The summed E-state index contributed by atoms with van der Waals surface area (Å²) in [5.41, 5.74) is 0.963. The van der Waals surface area contributed by atoms with Gasteiger partial charge < -0.3 is 9.26 Å². The molecule has 0 aliphatic heterocycles. The molecule has 0 saturated heterocycles. The number of ether oxygens (including phenoxy) is 1. The van der Waals surface area contributed by atoms with Gasteiger partial charge in [0.2, 0.25) is 11.7 Å². The Labute approximate surface area is 109 Å². The highest BCUT2D eigenvalue weighted by molar-refractivity contribution is 5.85. The fourth-order valence-corrected chi connectivity index (χ4v) is 2.01. The molecule has 0 N–H and O–H groups in total. The van der Waals surface area contributed by atoms with E-state index >= 15 is 0 Å². The van der Waals surface area contributed by atoms with Gasteiger partial charge in [0.25, 0.3) is 0 Å². The van der Waals surface area contributed by atoms with Gasteiger partial charge in [-0.3, -0.25) is 9.78 Å². The first kappa shape index (κ1) is 11.8. The third-order valence-corrected chi connectivity index (χ3v) is 3.31. The average Bonchev–Trinajstić information content (AvgIpc) is 3.08. The first-order valence-corrected chi connectivity index (χ1v) is 6.01. The molecule has 0 bridgehead atoms. The summed E-state index contributed by atoms with van der Waals surface area (Å²) in [7, 11) is 1.36. The van der Waals surface area contributed by atoms with Gasteiger partial charge in [-0.2, -0.15) is 4.98 Å². The lowest BCUT2D eigenvalue weighted by molar-refractivity contribution is -0.144. The van der Waals surface area contributed by atoms with Gasteiger partial charge in [-0.05, 0) is 37.5 Å². The molecule has 3 rings (SSSR count). The van der Waals surface area contributed by atoms with E-state index in [2.05, 4.69) is 15.1 Å². The van der Waals surface area contributed by atoms with Gasteiger partial charge in [0, 0.05) is 6.20 Å². The van der Waals surface area contributed by atoms with Crippen molar-refractivity contribution < 1.29 is 14.1 Å². The van der Waals surface area contributed by atoms with Crippen LogP contribution in [-0.2, 0) is 14.9 Å². The van der Waals surface area contributed by atoms with Crippen LogP contribution in [0, 0.1) is 6.92 Å². The van der Waals surface area contributed by atoms with E-state index in [4.69, 9.17) is 9.26 Å². The van der Waals surface area contributed by atoms with E-state index in [9.17, 15) is 4.79 Å². The zero-order chi connectivity index (χ0) is 13.5. The Morgan fingerprint density at radius 2 is 2.26 bits per heavy atom. The maximum atomic E-state index is 11.7. The number of pyridine rings is 1. The lowest BCUT2D eigenvalue weighted by Gasteiger charge is -2.05. The number of methoxy groups -OCH3 is 1. The van der Waals surface area contributed by atoms with Crippen LogP contribution in [0.15, 0.2) is 22.9 Å². The van der Waals surface area contributed by atoms with Crippen molar-refractivity contribution >= 4 is 5.97 Å². The van der Waals surface area contributed by atoms with Crippen LogP contribution >= 0.6 is 0 Å². The molecule has 0 atom stereocenters. The van der Waals surface area contributed by atoms with Crippen LogP contribution in [0.4, 0.5) is 0 Å². The molecule has 19 heavy (non-hydrogen) atoms. The highest BCUT2D eigenvalue weighted by Crippen LogP contribution is 2.48. The van der Waals surface area contributed by atoms with Crippen LogP contribution in [0.3, 0.4) is 0 Å². The van der Waals surface area contributed by atoms with Gasteiger partial charge in [0.1, 0.15) is 11.1 Å². The van der Waals surface area contributed by atoms with Gasteiger partial charge in [0.15, 0.2) is 0 Å². The third-order valence-electron chi connectivity index (χ3n) is 3.31. The number of esters is 1. The van der Waals surface area contributed by atoms with Gasteiger partial charge >= 0.3 is 5.97 Å². The van der Waals surface area contributed by atoms with Gasteiger partial charge in [0.05, 0.1) is 7.11 Å². The molecule has 0 unspecified atom stereocenters. The molecular weight excluding hydrogens is 246 g/mol. The van der Waals surface area contributed by atoms with Gasteiger partial charge in [-0.15, -0.1) is 0 Å². The molecule has 0 radical (unpaired) electrons. The second kappa shape index (κ2) is 4.15. The van der Waals surface area contributed by atoms with E-state index in [0.717, 1.165) is 5.56 Å². The molecule has 1 saturated carbocycles. The van der Waals surface area contributed by atoms with E-state index in [1.165, 1.54) is 7.11 Å². The zero-order valence-electron chi connectivity index (χ0n) is 10.7. The minimum absolute atomic E-state index is 0.317. The summed E-state index contributed by atoms with van der Waals surface area (Å²) in [6, 6.07) is 3.76. The Bertz CT molecular complexity index is 632. The summed E-state index contributed by atoms with van der Waals surface area (Å²) < 4.78 is 9.99. The van der Waals surface area contributed by atoms with E-state index in [1.807, 2.05) is 19.1 Å². The van der Waals surface area contributed by atoms with Crippen molar-refractivity contribution in [2.24, 2.45) is 0 Å².